The van der Waals surface area contributed by atoms with Gasteiger partial charge in [0, 0.05) is 32.1 Å². The van der Waals surface area contributed by atoms with E-state index in [1.807, 2.05) is 29.2 Å². The van der Waals surface area contributed by atoms with Crippen molar-refractivity contribution in [3.8, 4) is 0 Å². The normalized spacial score (nSPS) is 26.3. The van der Waals surface area contributed by atoms with Gasteiger partial charge in [0.25, 0.3) is 0 Å². The summed E-state index contributed by atoms with van der Waals surface area (Å²) in [5.74, 6) is -0.610. The molecular weight excluding hydrogens is 356 g/mol. The SMILES string of the molecule is CCS(=O)(=O)N1C[C@@H]2CN(c3cnc4ccccc4n3)C[C@]2(C(=O)O)C1. The van der Waals surface area contributed by atoms with Crippen LogP contribution in [-0.4, -0.2) is 65.7 Å². The molecule has 0 spiro atoms. The molecule has 26 heavy (non-hydrogen) atoms. The summed E-state index contributed by atoms with van der Waals surface area (Å²) in [6, 6.07) is 7.51. The first-order valence-electron chi connectivity index (χ1n) is 8.54. The van der Waals surface area contributed by atoms with Crippen LogP contribution in [0.3, 0.4) is 0 Å². The second kappa shape index (κ2) is 5.88. The first-order valence-corrected chi connectivity index (χ1v) is 10.1. The molecule has 8 nitrogen and oxygen atoms in total. The number of carbonyl (C=O) groups is 1. The van der Waals surface area contributed by atoms with Crippen molar-refractivity contribution in [1.82, 2.24) is 14.3 Å². The van der Waals surface area contributed by atoms with Gasteiger partial charge in [0.2, 0.25) is 10.0 Å². The van der Waals surface area contributed by atoms with Crippen LogP contribution >= 0.6 is 0 Å². The van der Waals surface area contributed by atoms with Crippen molar-refractivity contribution in [3.63, 3.8) is 0 Å². The van der Waals surface area contributed by atoms with Crippen LogP contribution in [-0.2, 0) is 14.8 Å². The van der Waals surface area contributed by atoms with Gasteiger partial charge in [0.1, 0.15) is 11.2 Å². The molecule has 2 aliphatic rings. The predicted molar refractivity (Wildman–Crippen MR) is 96.3 cm³/mol. The smallest absolute Gasteiger partial charge is 0.313 e. The number of aromatic nitrogens is 2. The summed E-state index contributed by atoms with van der Waals surface area (Å²) in [5, 5.41) is 9.88. The quantitative estimate of drug-likeness (QED) is 0.842. The number of benzene rings is 1. The molecule has 0 unspecified atom stereocenters. The average Bonchev–Trinajstić information content (AvgIpc) is 3.17. The molecule has 2 saturated heterocycles. The third-order valence-corrected chi connectivity index (χ3v) is 7.32. The third kappa shape index (κ3) is 2.53. The maximum absolute atomic E-state index is 12.2. The van der Waals surface area contributed by atoms with Crippen LogP contribution in [0, 0.1) is 11.3 Å². The summed E-state index contributed by atoms with van der Waals surface area (Å²) >= 11 is 0. The van der Waals surface area contributed by atoms with Gasteiger partial charge < -0.3 is 10.0 Å². The minimum atomic E-state index is -3.40. The van der Waals surface area contributed by atoms with Crippen LogP contribution < -0.4 is 4.90 Å². The fourth-order valence-corrected chi connectivity index (χ4v) is 5.19. The fraction of sp³-hybridized carbons (Fsp3) is 0.471. The number of hydrogen-bond acceptors (Lipinski definition) is 6. The van der Waals surface area contributed by atoms with Gasteiger partial charge in [-0.1, -0.05) is 12.1 Å². The Hall–Kier alpha value is -2.26. The monoisotopic (exact) mass is 376 g/mol. The summed E-state index contributed by atoms with van der Waals surface area (Å²) in [5.41, 5.74) is 0.431. The molecule has 2 aromatic rings. The lowest BCUT2D eigenvalue weighted by Crippen LogP contribution is -2.42. The second-order valence-corrected chi connectivity index (χ2v) is 9.21. The first kappa shape index (κ1) is 17.2. The van der Waals surface area contributed by atoms with E-state index in [2.05, 4.69) is 9.97 Å². The number of fused-ring (bicyclic) bond motifs is 2. The molecule has 4 rings (SSSR count). The standard InChI is InChI=1S/C17H20N4O4S/c1-2-26(24,25)21-9-12-8-20(10-17(12,11-21)16(22)23)15-7-18-13-5-3-4-6-14(13)19-15/h3-7,12H,2,8-11H2,1H3,(H,22,23)/t12-,17-/m0/s1. The van der Waals surface area contributed by atoms with Gasteiger partial charge in [-0.25, -0.2) is 17.7 Å². The van der Waals surface area contributed by atoms with Gasteiger partial charge in [0.05, 0.1) is 23.0 Å². The van der Waals surface area contributed by atoms with Crippen molar-refractivity contribution < 1.29 is 18.3 Å². The Morgan fingerprint density at radius 1 is 1.27 bits per heavy atom. The Kier molecular flexibility index (Phi) is 3.89. The summed E-state index contributed by atoms with van der Waals surface area (Å²) in [6.45, 7) is 2.51. The summed E-state index contributed by atoms with van der Waals surface area (Å²) < 4.78 is 25.7. The van der Waals surface area contributed by atoms with E-state index >= 15 is 0 Å². The zero-order valence-electron chi connectivity index (χ0n) is 14.4. The molecule has 1 N–H and O–H groups in total. The van der Waals surface area contributed by atoms with E-state index in [0.29, 0.717) is 12.4 Å². The second-order valence-electron chi connectivity index (χ2n) is 6.95. The highest BCUT2D eigenvalue weighted by atomic mass is 32.2. The highest BCUT2D eigenvalue weighted by Gasteiger charge is 2.59. The van der Waals surface area contributed by atoms with Crippen LogP contribution in [0.5, 0.6) is 0 Å². The van der Waals surface area contributed by atoms with E-state index < -0.39 is 21.4 Å². The first-order chi connectivity index (χ1) is 12.4. The number of anilines is 1. The van der Waals surface area contributed by atoms with Crippen LogP contribution in [0.15, 0.2) is 30.5 Å². The van der Waals surface area contributed by atoms with Gasteiger partial charge in [-0.3, -0.25) is 9.78 Å². The number of nitrogens with zero attached hydrogens (tertiary/aromatic N) is 4. The van der Waals surface area contributed by atoms with E-state index in [-0.39, 0.29) is 31.3 Å². The van der Waals surface area contributed by atoms with E-state index in [1.165, 1.54) is 4.31 Å². The Morgan fingerprint density at radius 2 is 2.00 bits per heavy atom. The molecule has 3 heterocycles. The summed E-state index contributed by atoms with van der Waals surface area (Å²) in [4.78, 5) is 23.0. The molecule has 0 aliphatic carbocycles. The Balaban J connectivity index is 1.65. The van der Waals surface area contributed by atoms with Crippen molar-refractivity contribution >= 4 is 32.8 Å². The zero-order valence-corrected chi connectivity index (χ0v) is 15.2. The molecular formula is C17H20N4O4S. The van der Waals surface area contributed by atoms with Gasteiger partial charge in [-0.15, -0.1) is 0 Å². The zero-order chi connectivity index (χ0) is 18.5. The van der Waals surface area contributed by atoms with Crippen molar-refractivity contribution in [2.24, 2.45) is 11.3 Å². The Labute approximate surface area is 151 Å². The number of aliphatic carboxylic acids is 1. The van der Waals surface area contributed by atoms with E-state index in [4.69, 9.17) is 0 Å². The molecule has 138 valence electrons. The molecule has 0 radical (unpaired) electrons. The molecule has 0 bridgehead atoms. The minimum Gasteiger partial charge on any atom is -0.481 e. The lowest BCUT2D eigenvalue weighted by molar-refractivity contribution is -0.148. The van der Waals surface area contributed by atoms with Crippen molar-refractivity contribution in [3.05, 3.63) is 30.5 Å². The van der Waals surface area contributed by atoms with Gasteiger partial charge in [0.15, 0.2) is 0 Å². The number of hydrogen-bond donors (Lipinski definition) is 1. The molecule has 2 fully saturated rings. The molecule has 1 aromatic heterocycles. The largest absolute Gasteiger partial charge is 0.481 e. The van der Waals surface area contributed by atoms with E-state index in [0.717, 1.165) is 11.0 Å². The van der Waals surface area contributed by atoms with Gasteiger partial charge >= 0.3 is 5.97 Å². The van der Waals surface area contributed by atoms with Crippen molar-refractivity contribution in [2.45, 2.75) is 6.92 Å². The maximum Gasteiger partial charge on any atom is 0.313 e. The molecule has 0 amide bonds. The molecule has 2 aliphatic heterocycles. The van der Waals surface area contributed by atoms with Crippen molar-refractivity contribution in [2.75, 3.05) is 36.8 Å². The molecule has 1 aromatic carbocycles. The minimum absolute atomic E-state index is 0.0146. The lowest BCUT2D eigenvalue weighted by Gasteiger charge is -2.25. The highest BCUT2D eigenvalue weighted by molar-refractivity contribution is 7.89. The molecule has 0 saturated carbocycles. The maximum atomic E-state index is 12.2. The van der Waals surface area contributed by atoms with Gasteiger partial charge in [-0.2, -0.15) is 0 Å². The number of carboxylic acid groups (broad SMARTS) is 1. The predicted octanol–water partition coefficient (Wildman–Crippen LogP) is 0.802. The van der Waals surface area contributed by atoms with Crippen LogP contribution in [0.2, 0.25) is 0 Å². The van der Waals surface area contributed by atoms with Crippen LogP contribution in [0.4, 0.5) is 5.82 Å². The Bertz CT molecular complexity index is 980. The lowest BCUT2D eigenvalue weighted by atomic mass is 9.81. The van der Waals surface area contributed by atoms with Crippen molar-refractivity contribution in [1.29, 1.82) is 0 Å². The Morgan fingerprint density at radius 3 is 2.65 bits per heavy atom. The van der Waals surface area contributed by atoms with Crippen LogP contribution in [0.25, 0.3) is 11.0 Å². The topological polar surface area (TPSA) is 104 Å². The van der Waals surface area contributed by atoms with E-state index in [9.17, 15) is 18.3 Å². The number of rotatable bonds is 4. The molecule has 2 atom stereocenters. The highest BCUT2D eigenvalue weighted by Crippen LogP contribution is 2.44. The molecule has 9 heteroatoms. The van der Waals surface area contributed by atoms with E-state index in [1.54, 1.807) is 13.1 Å². The number of carboxylic acids is 1. The third-order valence-electron chi connectivity index (χ3n) is 5.52. The summed E-state index contributed by atoms with van der Waals surface area (Å²) in [6.07, 6.45) is 1.65. The van der Waals surface area contributed by atoms with Crippen LogP contribution in [0.1, 0.15) is 6.92 Å². The number of para-hydroxylation sites is 2. The fourth-order valence-electron chi connectivity index (χ4n) is 3.99. The number of sulfonamides is 1. The van der Waals surface area contributed by atoms with Gasteiger partial charge in [-0.05, 0) is 19.1 Å². The summed E-state index contributed by atoms with van der Waals surface area (Å²) in [7, 11) is -3.40. The average molecular weight is 376 g/mol.